The van der Waals surface area contributed by atoms with Gasteiger partial charge in [-0.05, 0) is 96.1 Å². The molecule has 2 heterocycles. The first kappa shape index (κ1) is 46.3. The van der Waals surface area contributed by atoms with Gasteiger partial charge in [-0.2, -0.15) is 5.10 Å². The first-order valence-corrected chi connectivity index (χ1v) is 28.5. The third-order valence-corrected chi connectivity index (χ3v) is 18.1. The van der Waals surface area contributed by atoms with E-state index >= 15 is 0 Å². The number of fused-ring (bicyclic) bond motifs is 16. The number of rotatable bonds is 8. The third kappa shape index (κ3) is 6.28. The summed E-state index contributed by atoms with van der Waals surface area (Å²) < 4.78 is 2.29. The van der Waals surface area contributed by atoms with Gasteiger partial charge in [-0.1, -0.05) is 291 Å². The van der Waals surface area contributed by atoms with Gasteiger partial charge in [-0.25, -0.2) is 4.52 Å². The zero-order valence-electron chi connectivity index (χ0n) is 44.8. The average molecular weight is 1040 g/mol. The highest BCUT2D eigenvalue weighted by atomic mass is 15.3. The Morgan fingerprint density at radius 2 is 0.744 bits per heavy atom. The minimum absolute atomic E-state index is 0.568. The Bertz CT molecular complexity index is 4770. The molecular weight excluding hydrogens is 991 g/mol. The van der Waals surface area contributed by atoms with Crippen molar-refractivity contribution in [3.63, 3.8) is 0 Å². The topological polar surface area (TPSA) is 20.5 Å². The second kappa shape index (κ2) is 18.0. The van der Waals surface area contributed by atoms with E-state index in [1.807, 2.05) is 0 Å². The summed E-state index contributed by atoms with van der Waals surface area (Å²) in [4.78, 5) is 2.63. The highest BCUT2D eigenvalue weighted by Crippen LogP contribution is 2.66. The molecule has 0 aliphatic heterocycles. The Kier molecular flexibility index (Phi) is 10.1. The molecule has 3 heteroatoms. The van der Waals surface area contributed by atoms with Crippen molar-refractivity contribution in [2.75, 3.05) is 4.90 Å². The summed E-state index contributed by atoms with van der Waals surface area (Å²) in [7, 11) is 0. The second-order valence-electron chi connectivity index (χ2n) is 22.0. The molecule has 0 atom stereocenters. The minimum atomic E-state index is -0.645. The molecule has 12 aromatic carbocycles. The lowest BCUT2D eigenvalue weighted by Gasteiger charge is -2.36. The summed E-state index contributed by atoms with van der Waals surface area (Å²) in [6.45, 7) is 0. The number of hydrogen-bond donors (Lipinski definition) is 0. The van der Waals surface area contributed by atoms with E-state index in [1.54, 1.807) is 0 Å². The monoisotopic (exact) mass is 1040 g/mol. The summed E-state index contributed by atoms with van der Waals surface area (Å²) in [5.74, 6) is 0. The Morgan fingerprint density at radius 1 is 0.305 bits per heavy atom. The number of aromatic nitrogens is 2. The van der Waals surface area contributed by atoms with Gasteiger partial charge in [0, 0.05) is 38.7 Å². The molecule has 3 aliphatic rings. The molecular formula is C79H51N3. The van der Waals surface area contributed by atoms with Crippen LogP contribution in [-0.4, -0.2) is 9.61 Å². The van der Waals surface area contributed by atoms with Crippen molar-refractivity contribution in [3.05, 3.63) is 354 Å². The van der Waals surface area contributed by atoms with Crippen molar-refractivity contribution in [2.24, 2.45) is 0 Å². The van der Waals surface area contributed by atoms with Crippen LogP contribution >= 0.6 is 0 Å². The van der Waals surface area contributed by atoms with Crippen LogP contribution in [0.4, 0.5) is 17.1 Å². The Hall–Kier alpha value is -10.6. The lowest BCUT2D eigenvalue weighted by molar-refractivity contribution is 0.768. The molecule has 1 spiro atoms. The van der Waals surface area contributed by atoms with Gasteiger partial charge >= 0.3 is 0 Å². The molecule has 0 bridgehead atoms. The predicted molar refractivity (Wildman–Crippen MR) is 337 cm³/mol. The van der Waals surface area contributed by atoms with Gasteiger partial charge in [0.2, 0.25) is 0 Å². The van der Waals surface area contributed by atoms with Crippen LogP contribution in [0, 0.1) is 0 Å². The van der Waals surface area contributed by atoms with Crippen LogP contribution in [0.3, 0.4) is 0 Å². The number of hydrogen-bond acceptors (Lipinski definition) is 2. The van der Waals surface area contributed by atoms with Crippen molar-refractivity contribution in [1.29, 1.82) is 0 Å². The Labute approximate surface area is 477 Å². The van der Waals surface area contributed by atoms with E-state index in [0.717, 1.165) is 67.0 Å². The molecule has 382 valence electrons. The smallest absolute Gasteiger partial charge is 0.101 e. The SMILES string of the molecule is c1ccc(-c2nn3c(-c4ccccc4)c(N(c4ccc5c(c4)C(c4ccccc4)(c4ccccc4)c4ccccc4-5)c4cccc5c4-c4ccccc4C54c5ccccc5-c5ccccc54)c4ccccc4c3c2-c2ccccc2)cc1. The summed E-state index contributed by atoms with van der Waals surface area (Å²) in [6.07, 6.45) is 0. The van der Waals surface area contributed by atoms with Crippen LogP contribution in [0.25, 0.3) is 83.3 Å². The van der Waals surface area contributed by atoms with Crippen LogP contribution in [0.5, 0.6) is 0 Å². The minimum Gasteiger partial charge on any atom is -0.307 e. The van der Waals surface area contributed by atoms with Crippen molar-refractivity contribution >= 4 is 33.4 Å². The van der Waals surface area contributed by atoms with Gasteiger partial charge in [0.15, 0.2) is 0 Å². The second-order valence-corrected chi connectivity index (χ2v) is 22.0. The maximum absolute atomic E-state index is 5.91. The van der Waals surface area contributed by atoms with Gasteiger partial charge in [-0.15, -0.1) is 0 Å². The highest BCUT2D eigenvalue weighted by molar-refractivity contribution is 6.17. The molecule has 0 amide bonds. The summed E-state index contributed by atoms with van der Waals surface area (Å²) in [5, 5.41) is 8.13. The number of anilines is 3. The predicted octanol–water partition coefficient (Wildman–Crippen LogP) is 19.7. The van der Waals surface area contributed by atoms with Gasteiger partial charge in [0.1, 0.15) is 5.69 Å². The van der Waals surface area contributed by atoms with Crippen LogP contribution in [0.15, 0.2) is 309 Å². The van der Waals surface area contributed by atoms with Gasteiger partial charge < -0.3 is 4.90 Å². The van der Waals surface area contributed by atoms with E-state index in [4.69, 9.17) is 5.10 Å². The van der Waals surface area contributed by atoms with Gasteiger partial charge in [0.25, 0.3) is 0 Å². The molecule has 0 saturated carbocycles. The Balaban J connectivity index is 1.06. The lowest BCUT2D eigenvalue weighted by atomic mass is 9.67. The molecule has 0 saturated heterocycles. The molecule has 0 radical (unpaired) electrons. The molecule has 82 heavy (non-hydrogen) atoms. The zero-order valence-corrected chi connectivity index (χ0v) is 44.8. The average Bonchev–Trinajstić information content (AvgIpc) is 1.98. The number of benzene rings is 12. The quantitative estimate of drug-likeness (QED) is 0.151. The molecule has 14 aromatic rings. The van der Waals surface area contributed by atoms with Crippen LogP contribution in [-0.2, 0) is 10.8 Å². The summed E-state index contributed by atoms with van der Waals surface area (Å²) >= 11 is 0. The molecule has 17 rings (SSSR count). The molecule has 0 unspecified atom stereocenters. The van der Waals surface area contributed by atoms with Crippen molar-refractivity contribution in [1.82, 2.24) is 9.61 Å². The first-order chi connectivity index (χ1) is 40.7. The molecule has 3 aliphatic carbocycles. The lowest BCUT2D eigenvalue weighted by Crippen LogP contribution is -2.28. The fraction of sp³-hybridized carbons (Fsp3) is 0.0253. The van der Waals surface area contributed by atoms with E-state index in [9.17, 15) is 0 Å². The maximum Gasteiger partial charge on any atom is 0.101 e. The molecule has 0 N–H and O–H groups in total. The van der Waals surface area contributed by atoms with Crippen LogP contribution < -0.4 is 4.90 Å². The largest absolute Gasteiger partial charge is 0.307 e. The molecule has 3 nitrogen and oxygen atoms in total. The standard InChI is InChI=1S/C79H51N3/c1-6-27-52(28-7-1)72-74(53-29-8-2-9-30-53)80-82-75(54-31-10-3-11-32-54)77(63-41-17-16-40-62(63)76(72)82)81(57-49-50-61-60-39-18-22-43-65(60)78(70(61)51-57,55-33-12-4-13-34-55)56-35-14-5-15-36-56)71-48-26-47-69-73(71)64-42-21-25-46-68(64)79(69)66-44-23-19-37-58(66)59-38-20-24-45-67(59)79/h1-51H. The normalized spacial score (nSPS) is 13.6. The van der Waals surface area contributed by atoms with E-state index in [0.29, 0.717) is 0 Å². The van der Waals surface area contributed by atoms with Crippen molar-refractivity contribution < 1.29 is 0 Å². The Morgan fingerprint density at radius 3 is 1.33 bits per heavy atom. The maximum atomic E-state index is 5.91. The molecule has 0 fully saturated rings. The summed E-state index contributed by atoms with van der Waals surface area (Å²) in [5.41, 5.74) is 26.9. The first-order valence-electron chi connectivity index (χ1n) is 28.5. The van der Waals surface area contributed by atoms with Crippen molar-refractivity contribution in [2.45, 2.75) is 10.8 Å². The zero-order chi connectivity index (χ0) is 53.9. The van der Waals surface area contributed by atoms with E-state index in [-0.39, 0.29) is 0 Å². The molecule has 2 aromatic heterocycles. The fourth-order valence-electron chi connectivity index (χ4n) is 15.0. The van der Waals surface area contributed by atoms with Gasteiger partial charge in [-0.3, -0.25) is 0 Å². The number of nitrogens with zero attached hydrogens (tertiary/aromatic N) is 3. The third-order valence-electron chi connectivity index (χ3n) is 18.1. The highest BCUT2D eigenvalue weighted by Gasteiger charge is 2.53. The van der Waals surface area contributed by atoms with E-state index in [2.05, 4.69) is 319 Å². The number of pyridine rings is 1. The van der Waals surface area contributed by atoms with E-state index in [1.165, 1.54) is 77.9 Å². The van der Waals surface area contributed by atoms with Crippen LogP contribution in [0.1, 0.15) is 44.5 Å². The van der Waals surface area contributed by atoms with Gasteiger partial charge in [0.05, 0.1) is 33.4 Å². The fourth-order valence-corrected chi connectivity index (χ4v) is 15.0. The van der Waals surface area contributed by atoms with E-state index < -0.39 is 10.8 Å². The van der Waals surface area contributed by atoms with Crippen molar-refractivity contribution in [3.8, 4) is 67.0 Å². The summed E-state index contributed by atoms with van der Waals surface area (Å²) in [6, 6.07) is 115. The van der Waals surface area contributed by atoms with Crippen LogP contribution in [0.2, 0.25) is 0 Å².